The average molecular weight is 675 g/mol. The van der Waals surface area contributed by atoms with Crippen LogP contribution in [0.3, 0.4) is 0 Å². The van der Waals surface area contributed by atoms with Gasteiger partial charge in [0.15, 0.2) is 0 Å². The lowest BCUT2D eigenvalue weighted by Gasteiger charge is -2.27. The van der Waals surface area contributed by atoms with Crippen molar-refractivity contribution in [3.05, 3.63) is 211 Å². The topological polar surface area (TPSA) is 27.0 Å². The Hall–Kier alpha value is -7.21. The minimum absolute atomic E-state index is 0.663. The van der Waals surface area contributed by atoms with E-state index in [4.69, 9.17) is 0 Å². The summed E-state index contributed by atoms with van der Waals surface area (Å²) < 4.78 is 0. The third-order valence-electron chi connectivity index (χ3n) is 10.1. The lowest BCUT2D eigenvalue weighted by atomic mass is 9.86. The van der Waals surface area contributed by atoms with Crippen molar-refractivity contribution >= 4 is 61.5 Å². The van der Waals surface area contributed by atoms with Gasteiger partial charge in [-0.1, -0.05) is 164 Å². The maximum atomic E-state index is 9.28. The molecule has 0 amide bonds. The second-order valence-corrected chi connectivity index (χ2v) is 13.2. The molecule has 9 rings (SSSR count). The molecule has 0 saturated carbocycles. The summed E-state index contributed by atoms with van der Waals surface area (Å²) in [5.74, 6) is 0. The summed E-state index contributed by atoms with van der Waals surface area (Å²) in [7, 11) is 0. The molecule has 9 aromatic rings. The first-order valence-electron chi connectivity index (χ1n) is 17.9. The van der Waals surface area contributed by atoms with Crippen LogP contribution in [0.5, 0.6) is 0 Å². The van der Waals surface area contributed by atoms with E-state index < -0.39 is 0 Å². The first-order valence-corrected chi connectivity index (χ1v) is 17.9. The largest absolute Gasteiger partial charge is 0.310 e. The van der Waals surface area contributed by atoms with Crippen molar-refractivity contribution in [3.8, 4) is 28.3 Å². The zero-order valence-electron chi connectivity index (χ0n) is 29.0. The van der Waals surface area contributed by atoms with Crippen LogP contribution in [0, 0.1) is 11.3 Å². The van der Waals surface area contributed by atoms with Gasteiger partial charge in [0.25, 0.3) is 0 Å². The fraction of sp³-hybridized carbons (Fsp3) is 0. The molecule has 0 bridgehead atoms. The summed E-state index contributed by atoms with van der Waals surface area (Å²) >= 11 is 0. The molecule has 248 valence electrons. The van der Waals surface area contributed by atoms with Gasteiger partial charge >= 0.3 is 0 Å². The predicted octanol–water partition coefficient (Wildman–Crippen LogP) is 14.0. The molecule has 0 fully saturated rings. The Morgan fingerprint density at radius 2 is 0.887 bits per heavy atom. The maximum Gasteiger partial charge on any atom is 0.0991 e. The van der Waals surface area contributed by atoms with E-state index in [0.29, 0.717) is 5.56 Å². The van der Waals surface area contributed by atoms with Gasteiger partial charge in [0.2, 0.25) is 0 Å². The van der Waals surface area contributed by atoms with Gasteiger partial charge in [0.05, 0.1) is 17.3 Å². The number of para-hydroxylation sites is 1. The standard InChI is InChI=1S/C51H34N2/c52-35-38-13-10-12-37(34-38)25-24-36-26-28-40(29-27-36)50-45-19-6-8-21-47(45)51(48-22-9-7-20-46(48)50)41-30-32-43(33-31-41)53(42-16-2-1-3-17-42)49-23-11-15-39-14-4-5-18-44(39)49/h1-34H/b25-24+. The molecule has 0 heterocycles. The van der Waals surface area contributed by atoms with Gasteiger partial charge in [0, 0.05) is 16.8 Å². The smallest absolute Gasteiger partial charge is 0.0991 e. The number of rotatable bonds is 7. The summed E-state index contributed by atoms with van der Waals surface area (Å²) in [4.78, 5) is 2.35. The third kappa shape index (κ3) is 6.01. The van der Waals surface area contributed by atoms with Gasteiger partial charge in [-0.05, 0) is 103 Å². The lowest BCUT2D eigenvalue weighted by Crippen LogP contribution is -2.10. The minimum atomic E-state index is 0.663. The highest BCUT2D eigenvalue weighted by molar-refractivity contribution is 6.21. The first-order chi connectivity index (χ1) is 26.2. The van der Waals surface area contributed by atoms with Crippen LogP contribution in [0.4, 0.5) is 17.1 Å². The van der Waals surface area contributed by atoms with Crippen molar-refractivity contribution < 1.29 is 0 Å². The first kappa shape index (κ1) is 31.7. The zero-order chi connectivity index (χ0) is 35.6. The van der Waals surface area contributed by atoms with E-state index in [-0.39, 0.29) is 0 Å². The van der Waals surface area contributed by atoms with E-state index in [1.54, 1.807) is 0 Å². The van der Waals surface area contributed by atoms with Crippen LogP contribution < -0.4 is 4.90 Å². The molecular formula is C51H34N2. The van der Waals surface area contributed by atoms with Crippen LogP contribution in [0.15, 0.2) is 194 Å². The van der Waals surface area contributed by atoms with Gasteiger partial charge in [-0.25, -0.2) is 0 Å². The van der Waals surface area contributed by atoms with Crippen LogP contribution in [-0.4, -0.2) is 0 Å². The van der Waals surface area contributed by atoms with Crippen molar-refractivity contribution in [1.82, 2.24) is 0 Å². The number of nitriles is 1. The van der Waals surface area contributed by atoms with E-state index >= 15 is 0 Å². The zero-order valence-corrected chi connectivity index (χ0v) is 29.0. The number of fused-ring (bicyclic) bond motifs is 3. The molecule has 2 heteroatoms. The van der Waals surface area contributed by atoms with E-state index in [1.807, 2.05) is 24.3 Å². The Bertz CT molecular complexity index is 2760. The van der Waals surface area contributed by atoms with Crippen LogP contribution in [0.2, 0.25) is 0 Å². The highest BCUT2D eigenvalue weighted by atomic mass is 15.1. The summed E-state index contributed by atoms with van der Waals surface area (Å²) in [6.07, 6.45) is 4.16. The fourth-order valence-electron chi connectivity index (χ4n) is 7.60. The fourth-order valence-corrected chi connectivity index (χ4v) is 7.60. The molecule has 0 atom stereocenters. The molecule has 0 aliphatic heterocycles. The monoisotopic (exact) mass is 674 g/mol. The van der Waals surface area contributed by atoms with E-state index in [9.17, 15) is 5.26 Å². The summed E-state index contributed by atoms with van der Waals surface area (Å²) in [6.45, 7) is 0. The molecule has 2 nitrogen and oxygen atoms in total. The van der Waals surface area contributed by atoms with Gasteiger partial charge in [-0.15, -0.1) is 0 Å². The molecule has 0 N–H and O–H groups in total. The van der Waals surface area contributed by atoms with Crippen molar-refractivity contribution in [1.29, 1.82) is 5.26 Å². The highest BCUT2D eigenvalue weighted by Gasteiger charge is 2.18. The Morgan fingerprint density at radius 1 is 0.396 bits per heavy atom. The Morgan fingerprint density at radius 3 is 1.51 bits per heavy atom. The predicted molar refractivity (Wildman–Crippen MR) is 225 cm³/mol. The molecule has 0 aromatic heterocycles. The van der Waals surface area contributed by atoms with Crippen LogP contribution in [-0.2, 0) is 0 Å². The van der Waals surface area contributed by atoms with Crippen molar-refractivity contribution in [3.63, 3.8) is 0 Å². The molecule has 0 radical (unpaired) electrons. The number of anilines is 3. The van der Waals surface area contributed by atoms with E-state index in [0.717, 1.165) is 28.2 Å². The highest BCUT2D eigenvalue weighted by Crippen LogP contribution is 2.45. The summed E-state index contributed by atoms with van der Waals surface area (Å²) in [5, 5.41) is 16.6. The SMILES string of the molecule is N#Cc1cccc(/C=C/c2ccc(-c3c4ccccc4c(-c4ccc(N(c5ccccc5)c5cccc6ccccc56)cc4)c4ccccc34)cc2)c1. The number of hydrogen-bond donors (Lipinski definition) is 0. The number of hydrogen-bond acceptors (Lipinski definition) is 2. The van der Waals surface area contributed by atoms with Gasteiger partial charge in [-0.2, -0.15) is 5.26 Å². The second-order valence-electron chi connectivity index (χ2n) is 13.2. The molecule has 53 heavy (non-hydrogen) atoms. The third-order valence-corrected chi connectivity index (χ3v) is 10.1. The number of benzene rings is 9. The average Bonchev–Trinajstić information content (AvgIpc) is 3.23. The minimum Gasteiger partial charge on any atom is -0.310 e. The number of nitrogens with zero attached hydrogens (tertiary/aromatic N) is 2. The molecule has 0 unspecified atom stereocenters. The van der Waals surface area contributed by atoms with E-state index in [1.165, 1.54) is 54.6 Å². The van der Waals surface area contributed by atoms with Crippen LogP contribution in [0.25, 0.3) is 66.7 Å². The molecule has 0 saturated heterocycles. The summed E-state index contributed by atoms with van der Waals surface area (Å²) in [6, 6.07) is 71.1. The maximum absolute atomic E-state index is 9.28. The van der Waals surface area contributed by atoms with Crippen molar-refractivity contribution in [2.24, 2.45) is 0 Å². The quantitative estimate of drug-likeness (QED) is 0.124. The summed E-state index contributed by atoms with van der Waals surface area (Å²) in [5.41, 5.74) is 11.0. The Balaban J connectivity index is 1.14. The molecule has 0 spiro atoms. The molecule has 0 aliphatic rings. The second kappa shape index (κ2) is 13.8. The van der Waals surface area contributed by atoms with Gasteiger partial charge in [-0.3, -0.25) is 0 Å². The molecule has 0 aliphatic carbocycles. The normalized spacial score (nSPS) is 11.3. The van der Waals surface area contributed by atoms with Crippen LogP contribution in [0.1, 0.15) is 16.7 Å². The van der Waals surface area contributed by atoms with Crippen LogP contribution >= 0.6 is 0 Å². The van der Waals surface area contributed by atoms with Crippen molar-refractivity contribution in [2.75, 3.05) is 4.90 Å². The van der Waals surface area contributed by atoms with Crippen molar-refractivity contribution in [2.45, 2.75) is 0 Å². The lowest BCUT2D eigenvalue weighted by molar-refractivity contribution is 1.30. The van der Waals surface area contributed by atoms with Gasteiger partial charge in [0.1, 0.15) is 0 Å². The van der Waals surface area contributed by atoms with E-state index in [2.05, 4.69) is 193 Å². The molecule has 9 aromatic carbocycles. The van der Waals surface area contributed by atoms with Gasteiger partial charge < -0.3 is 4.90 Å². The molecular weight excluding hydrogens is 641 g/mol. The Kier molecular flexibility index (Phi) is 8.29. The Labute approximate surface area is 309 Å².